The quantitative estimate of drug-likeness (QED) is 0.878. The van der Waals surface area contributed by atoms with Crippen LogP contribution in [0.1, 0.15) is 43.7 Å². The molecule has 0 radical (unpaired) electrons. The fourth-order valence-corrected chi connectivity index (χ4v) is 3.18. The van der Waals surface area contributed by atoms with E-state index in [9.17, 15) is 9.90 Å². The van der Waals surface area contributed by atoms with E-state index >= 15 is 0 Å². The molecule has 1 fully saturated rings. The summed E-state index contributed by atoms with van der Waals surface area (Å²) in [7, 11) is 1.98. The molecule has 1 amide bonds. The van der Waals surface area contributed by atoms with Gasteiger partial charge in [-0.3, -0.25) is 9.69 Å². The summed E-state index contributed by atoms with van der Waals surface area (Å²) in [4.78, 5) is 16.6. The highest BCUT2D eigenvalue weighted by molar-refractivity contribution is 5.78. The molecule has 1 aromatic carbocycles. The molecule has 22 heavy (non-hydrogen) atoms. The van der Waals surface area contributed by atoms with E-state index in [4.69, 9.17) is 0 Å². The molecule has 1 atom stereocenters. The molecule has 2 rings (SSSR count). The number of carbonyl (C=O) groups excluding carboxylic acids is 1. The Morgan fingerprint density at radius 2 is 1.82 bits per heavy atom. The summed E-state index contributed by atoms with van der Waals surface area (Å²) in [6, 6.07) is 10.2. The van der Waals surface area contributed by atoms with Crippen LogP contribution in [-0.4, -0.2) is 54.1 Å². The first-order chi connectivity index (χ1) is 10.7. The average Bonchev–Trinajstić information content (AvgIpc) is 2.82. The van der Waals surface area contributed by atoms with Gasteiger partial charge >= 0.3 is 0 Å². The van der Waals surface area contributed by atoms with Gasteiger partial charge in [0.05, 0.1) is 6.54 Å². The zero-order valence-corrected chi connectivity index (χ0v) is 13.6. The van der Waals surface area contributed by atoms with Gasteiger partial charge in [-0.15, -0.1) is 0 Å². The van der Waals surface area contributed by atoms with Crippen LogP contribution in [0.4, 0.5) is 0 Å². The predicted molar refractivity (Wildman–Crippen MR) is 88.6 cm³/mol. The Kier molecular flexibility index (Phi) is 6.87. The maximum Gasteiger partial charge on any atom is 0.236 e. The van der Waals surface area contributed by atoms with E-state index < -0.39 is 0 Å². The Morgan fingerprint density at radius 3 is 2.41 bits per heavy atom. The van der Waals surface area contributed by atoms with E-state index in [1.165, 1.54) is 12.8 Å². The van der Waals surface area contributed by atoms with Gasteiger partial charge in [-0.25, -0.2) is 0 Å². The minimum Gasteiger partial charge on any atom is -0.396 e. The minimum atomic E-state index is 0.0853. The lowest BCUT2D eigenvalue weighted by atomic mass is 10.0. The van der Waals surface area contributed by atoms with Gasteiger partial charge in [0.15, 0.2) is 0 Å². The lowest BCUT2D eigenvalue weighted by molar-refractivity contribution is -0.132. The van der Waals surface area contributed by atoms with Crippen molar-refractivity contribution in [3.8, 4) is 0 Å². The smallest absolute Gasteiger partial charge is 0.236 e. The molecule has 0 spiro atoms. The summed E-state index contributed by atoms with van der Waals surface area (Å²) < 4.78 is 0. The third-order valence-electron chi connectivity index (χ3n) is 4.46. The Morgan fingerprint density at radius 1 is 1.18 bits per heavy atom. The van der Waals surface area contributed by atoms with Gasteiger partial charge in [-0.1, -0.05) is 43.2 Å². The SMILES string of the molecule is CN(CC(=O)N1CCCCCC1)[C@@H](CCO)c1ccccc1. The van der Waals surface area contributed by atoms with E-state index in [0.717, 1.165) is 31.5 Å². The molecule has 1 N–H and O–H groups in total. The van der Waals surface area contributed by atoms with E-state index in [1.807, 2.05) is 30.1 Å². The number of benzene rings is 1. The molecule has 1 heterocycles. The van der Waals surface area contributed by atoms with E-state index in [2.05, 4.69) is 17.0 Å². The van der Waals surface area contributed by atoms with Crippen molar-refractivity contribution in [2.75, 3.05) is 33.3 Å². The zero-order chi connectivity index (χ0) is 15.8. The van der Waals surface area contributed by atoms with Crippen molar-refractivity contribution in [1.29, 1.82) is 0 Å². The Balaban J connectivity index is 1.98. The number of carbonyl (C=O) groups is 1. The molecule has 0 bridgehead atoms. The van der Waals surface area contributed by atoms with Crippen molar-refractivity contribution in [3.63, 3.8) is 0 Å². The number of rotatable bonds is 6. The van der Waals surface area contributed by atoms with Crippen molar-refractivity contribution in [2.24, 2.45) is 0 Å². The van der Waals surface area contributed by atoms with Gasteiger partial charge in [-0.2, -0.15) is 0 Å². The normalized spacial score (nSPS) is 17.3. The Labute approximate surface area is 133 Å². The molecule has 0 unspecified atom stereocenters. The molecule has 1 aromatic rings. The number of nitrogens with zero attached hydrogens (tertiary/aromatic N) is 2. The monoisotopic (exact) mass is 304 g/mol. The molecular formula is C18H28N2O2. The first-order valence-electron chi connectivity index (χ1n) is 8.36. The summed E-state index contributed by atoms with van der Waals surface area (Å²) in [6.07, 6.45) is 5.35. The fourth-order valence-electron chi connectivity index (χ4n) is 3.18. The van der Waals surface area contributed by atoms with Crippen LogP contribution in [0.3, 0.4) is 0 Å². The molecule has 122 valence electrons. The van der Waals surface area contributed by atoms with E-state index in [-0.39, 0.29) is 18.6 Å². The van der Waals surface area contributed by atoms with Crippen molar-refractivity contribution < 1.29 is 9.90 Å². The highest BCUT2D eigenvalue weighted by Crippen LogP contribution is 2.22. The van der Waals surface area contributed by atoms with Gasteiger partial charge in [0, 0.05) is 25.7 Å². The standard InChI is InChI=1S/C18H28N2O2/c1-19(15-18(22)20-12-7-2-3-8-13-20)17(11-14-21)16-9-5-4-6-10-16/h4-6,9-10,17,21H,2-3,7-8,11-15H2,1H3/t17-/m0/s1. The number of likely N-dealkylation sites (N-methyl/N-ethyl adjacent to an activating group) is 1. The first-order valence-corrected chi connectivity index (χ1v) is 8.36. The summed E-state index contributed by atoms with van der Waals surface area (Å²) in [5.74, 6) is 0.211. The molecule has 1 saturated heterocycles. The van der Waals surface area contributed by atoms with Gasteiger partial charge in [0.1, 0.15) is 0 Å². The van der Waals surface area contributed by atoms with E-state index in [0.29, 0.717) is 13.0 Å². The molecule has 4 nitrogen and oxygen atoms in total. The molecular weight excluding hydrogens is 276 g/mol. The number of aliphatic hydroxyl groups is 1. The second kappa shape index (κ2) is 8.91. The van der Waals surface area contributed by atoms with Crippen molar-refractivity contribution in [1.82, 2.24) is 9.80 Å². The van der Waals surface area contributed by atoms with Crippen LogP contribution < -0.4 is 0 Å². The van der Waals surface area contributed by atoms with Gasteiger partial charge in [0.2, 0.25) is 5.91 Å². The summed E-state index contributed by atoms with van der Waals surface area (Å²) in [6.45, 7) is 2.33. The fraction of sp³-hybridized carbons (Fsp3) is 0.611. The Hall–Kier alpha value is -1.39. The lowest BCUT2D eigenvalue weighted by Crippen LogP contribution is -2.40. The van der Waals surface area contributed by atoms with Crippen LogP contribution in [-0.2, 0) is 4.79 Å². The third-order valence-corrected chi connectivity index (χ3v) is 4.46. The predicted octanol–water partition coefficient (Wildman–Crippen LogP) is 2.44. The van der Waals surface area contributed by atoms with Crippen LogP contribution in [0.5, 0.6) is 0 Å². The largest absolute Gasteiger partial charge is 0.396 e. The van der Waals surface area contributed by atoms with E-state index in [1.54, 1.807) is 0 Å². The highest BCUT2D eigenvalue weighted by Gasteiger charge is 2.22. The van der Waals surface area contributed by atoms with Gasteiger partial charge in [0.25, 0.3) is 0 Å². The minimum absolute atomic E-state index is 0.0853. The molecule has 4 heteroatoms. The molecule has 0 saturated carbocycles. The second-order valence-electron chi connectivity index (χ2n) is 6.15. The number of hydrogen-bond donors (Lipinski definition) is 1. The molecule has 0 aromatic heterocycles. The van der Waals surface area contributed by atoms with Crippen LogP contribution in [0.2, 0.25) is 0 Å². The average molecular weight is 304 g/mol. The number of likely N-dealkylation sites (tertiary alicyclic amines) is 1. The second-order valence-corrected chi connectivity index (χ2v) is 6.15. The van der Waals surface area contributed by atoms with Crippen LogP contribution in [0.15, 0.2) is 30.3 Å². The van der Waals surface area contributed by atoms with Crippen molar-refractivity contribution in [2.45, 2.75) is 38.1 Å². The summed E-state index contributed by atoms with van der Waals surface area (Å²) in [5.41, 5.74) is 1.16. The van der Waals surface area contributed by atoms with Crippen LogP contribution in [0, 0.1) is 0 Å². The van der Waals surface area contributed by atoms with Crippen molar-refractivity contribution in [3.05, 3.63) is 35.9 Å². The summed E-state index contributed by atoms with van der Waals surface area (Å²) in [5, 5.41) is 9.34. The maximum atomic E-state index is 12.5. The van der Waals surface area contributed by atoms with Crippen LogP contribution in [0.25, 0.3) is 0 Å². The molecule has 0 aliphatic carbocycles. The Bertz CT molecular complexity index is 442. The summed E-state index contributed by atoms with van der Waals surface area (Å²) >= 11 is 0. The van der Waals surface area contributed by atoms with Gasteiger partial charge in [-0.05, 0) is 31.9 Å². The molecule has 1 aliphatic rings. The van der Waals surface area contributed by atoms with Crippen LogP contribution >= 0.6 is 0 Å². The first kappa shape index (κ1) is 17.0. The third kappa shape index (κ3) is 4.82. The highest BCUT2D eigenvalue weighted by atomic mass is 16.3. The number of amides is 1. The number of hydrogen-bond acceptors (Lipinski definition) is 3. The number of aliphatic hydroxyl groups excluding tert-OH is 1. The van der Waals surface area contributed by atoms with Gasteiger partial charge < -0.3 is 10.0 Å². The maximum absolute atomic E-state index is 12.5. The lowest BCUT2D eigenvalue weighted by Gasteiger charge is -2.30. The van der Waals surface area contributed by atoms with Crippen molar-refractivity contribution >= 4 is 5.91 Å². The zero-order valence-electron chi connectivity index (χ0n) is 13.6. The topological polar surface area (TPSA) is 43.8 Å². The molecule has 1 aliphatic heterocycles.